The Hall–Kier alpha value is -2.26. The van der Waals surface area contributed by atoms with E-state index in [0.717, 1.165) is 5.56 Å². The van der Waals surface area contributed by atoms with Gasteiger partial charge in [-0.1, -0.05) is 19.1 Å². The summed E-state index contributed by atoms with van der Waals surface area (Å²) < 4.78 is 5.82. The number of urea groups is 1. The number of nitrogens with one attached hydrogen (secondary N) is 1. The predicted octanol–water partition coefficient (Wildman–Crippen LogP) is 2.21. The quantitative estimate of drug-likeness (QED) is 0.319. The van der Waals surface area contributed by atoms with Gasteiger partial charge in [0.2, 0.25) is 0 Å². The van der Waals surface area contributed by atoms with Crippen LogP contribution in [0.1, 0.15) is 32.3 Å². The van der Waals surface area contributed by atoms with Crippen molar-refractivity contribution >= 4 is 30.5 Å². The number of methoxy groups -OCH3 is 1. The molecule has 0 aliphatic carbocycles. The number of imide groups is 1. The molecule has 1 aromatic rings. The Morgan fingerprint density at radius 2 is 2.04 bits per heavy atom. The van der Waals surface area contributed by atoms with Crippen LogP contribution in [0.3, 0.4) is 0 Å². The van der Waals surface area contributed by atoms with Crippen LogP contribution in [-0.2, 0) is 4.79 Å². The van der Waals surface area contributed by atoms with Crippen molar-refractivity contribution in [3.8, 4) is 5.75 Å². The number of ether oxygens (including phenoxy) is 1. The van der Waals surface area contributed by atoms with Gasteiger partial charge in [-0.05, 0) is 38.3 Å². The summed E-state index contributed by atoms with van der Waals surface area (Å²) in [4.78, 5) is 23.2. The van der Waals surface area contributed by atoms with E-state index < -0.39 is 11.9 Å². The van der Waals surface area contributed by atoms with Crippen molar-refractivity contribution < 1.29 is 19.5 Å². The number of hydroxylamine groups is 2. The average Bonchev–Trinajstić information content (AvgIpc) is 2.57. The third-order valence-corrected chi connectivity index (χ3v) is 3.13. The molecule has 126 valence electrons. The lowest BCUT2D eigenvalue weighted by Crippen LogP contribution is -2.44. The van der Waals surface area contributed by atoms with Gasteiger partial charge in [-0.15, -0.1) is 5.06 Å². The average molecular weight is 340 g/mol. The lowest BCUT2D eigenvalue weighted by molar-refractivity contribution is -0.154. The molecule has 0 spiro atoms. The van der Waals surface area contributed by atoms with Gasteiger partial charge >= 0.3 is 6.03 Å². The highest BCUT2D eigenvalue weighted by Crippen LogP contribution is 2.17. The van der Waals surface area contributed by atoms with Gasteiger partial charge in [-0.2, -0.15) is 9.52 Å². The predicted molar refractivity (Wildman–Crippen MR) is 88.1 cm³/mol. The number of para-hydroxylation sites is 1. The Labute approximate surface area is 140 Å². The maximum Gasteiger partial charge on any atom is 0.381 e. The maximum absolute atomic E-state index is 11.8. The first kappa shape index (κ1) is 18.8. The molecule has 1 rings (SSSR count). The molecule has 0 bridgehead atoms. The van der Waals surface area contributed by atoms with E-state index in [-0.39, 0.29) is 11.5 Å². The van der Waals surface area contributed by atoms with E-state index in [2.05, 4.69) is 23.5 Å². The molecule has 8 nitrogen and oxygen atoms in total. The van der Waals surface area contributed by atoms with E-state index in [9.17, 15) is 14.8 Å². The van der Waals surface area contributed by atoms with Crippen LogP contribution in [-0.4, -0.2) is 39.4 Å². The van der Waals surface area contributed by atoms with Gasteiger partial charge in [0.25, 0.3) is 5.91 Å². The summed E-state index contributed by atoms with van der Waals surface area (Å²) in [5.41, 5.74) is 3.58. The molecule has 1 aromatic carbocycles. The van der Waals surface area contributed by atoms with Gasteiger partial charge in [0.1, 0.15) is 5.75 Å². The molecular weight excluding hydrogens is 320 g/mol. The van der Waals surface area contributed by atoms with E-state index in [1.54, 1.807) is 26.0 Å². The smallest absolute Gasteiger partial charge is 0.381 e. The number of hydrazine groups is 1. The highest BCUT2D eigenvalue weighted by molar-refractivity contribution is 7.78. The van der Waals surface area contributed by atoms with Crippen molar-refractivity contribution in [2.24, 2.45) is 5.10 Å². The zero-order valence-electron chi connectivity index (χ0n) is 13.2. The Morgan fingerprint density at radius 3 is 2.65 bits per heavy atom. The van der Waals surface area contributed by atoms with Crippen molar-refractivity contribution in [3.05, 3.63) is 29.8 Å². The number of thiol groups is 1. The molecule has 0 aliphatic rings. The molecule has 2 N–H and O–H groups in total. The summed E-state index contributed by atoms with van der Waals surface area (Å²) in [6, 6.07) is 6.16. The summed E-state index contributed by atoms with van der Waals surface area (Å²) in [5, 5.41) is 13.5. The maximum atomic E-state index is 11.8. The minimum atomic E-state index is -1.05. The number of benzene rings is 1. The lowest BCUT2D eigenvalue weighted by Gasteiger charge is -2.19. The highest BCUT2D eigenvalue weighted by Gasteiger charge is 2.23. The second-order valence-electron chi connectivity index (χ2n) is 4.55. The number of carbonyl (C=O) groups excluding carboxylic acids is 2. The van der Waals surface area contributed by atoms with Crippen LogP contribution in [0.2, 0.25) is 0 Å². The minimum absolute atomic E-state index is 0.00253. The van der Waals surface area contributed by atoms with Crippen LogP contribution in [0.5, 0.6) is 5.75 Å². The summed E-state index contributed by atoms with van der Waals surface area (Å²) in [5.74, 6) is -0.0988. The molecule has 23 heavy (non-hydrogen) atoms. The van der Waals surface area contributed by atoms with Gasteiger partial charge < -0.3 is 4.74 Å². The summed E-state index contributed by atoms with van der Waals surface area (Å²) in [6.45, 7) is 3.46. The van der Waals surface area contributed by atoms with Gasteiger partial charge in [0.05, 0.1) is 12.8 Å². The Kier molecular flexibility index (Phi) is 7.36. The van der Waals surface area contributed by atoms with E-state index in [1.807, 2.05) is 12.1 Å². The number of nitrogens with zero attached hydrogens (tertiary/aromatic N) is 3. The molecule has 0 atom stereocenters. The molecule has 0 aliphatic heterocycles. The Morgan fingerprint density at radius 1 is 1.39 bits per heavy atom. The largest absolute Gasteiger partial charge is 0.496 e. The van der Waals surface area contributed by atoms with Gasteiger partial charge in [0.15, 0.2) is 0 Å². The first-order valence-corrected chi connectivity index (χ1v) is 7.30. The molecule has 0 radical (unpaired) electrons. The monoisotopic (exact) mass is 340 g/mol. The van der Waals surface area contributed by atoms with Crippen LogP contribution in [0.25, 0.3) is 0 Å². The molecule has 0 fully saturated rings. The first-order valence-electron chi connectivity index (χ1n) is 6.90. The van der Waals surface area contributed by atoms with Gasteiger partial charge in [0, 0.05) is 12.0 Å². The topological polar surface area (TPSA) is 94.5 Å². The fraction of sp³-hybridized carbons (Fsp3) is 0.357. The zero-order valence-corrected chi connectivity index (χ0v) is 14.1. The molecule has 9 heteroatoms. The summed E-state index contributed by atoms with van der Waals surface area (Å²) in [7, 11) is 1.54. The standard InChI is InChI=1S/C14H20N4O4S/c1-4-7-13(19)17(21)14(20)18(23)16-15-10(2)11-8-5-6-9-12(11)22-3/h5-6,8-9,16,21,23H,4,7H2,1-3H3/b15-10+. The van der Waals surface area contributed by atoms with Crippen LogP contribution in [0.15, 0.2) is 29.4 Å². The third kappa shape index (κ3) is 5.15. The lowest BCUT2D eigenvalue weighted by atomic mass is 10.1. The van der Waals surface area contributed by atoms with Crippen molar-refractivity contribution in [1.29, 1.82) is 0 Å². The van der Waals surface area contributed by atoms with E-state index in [0.29, 0.717) is 22.3 Å². The number of hydrogen-bond acceptors (Lipinski definition) is 7. The fourth-order valence-corrected chi connectivity index (χ4v) is 1.81. The van der Waals surface area contributed by atoms with Gasteiger partial charge in [-0.25, -0.2) is 10.3 Å². The van der Waals surface area contributed by atoms with Crippen molar-refractivity contribution in [1.82, 2.24) is 15.0 Å². The number of carbonyl (C=O) groups is 2. The first-order chi connectivity index (χ1) is 10.9. The van der Waals surface area contributed by atoms with Gasteiger partial charge in [-0.3, -0.25) is 10.0 Å². The molecule has 0 aromatic heterocycles. The molecule has 0 unspecified atom stereocenters. The Bertz CT molecular complexity index is 594. The summed E-state index contributed by atoms with van der Waals surface area (Å²) in [6.07, 6.45) is 0.557. The van der Waals surface area contributed by atoms with Crippen LogP contribution in [0.4, 0.5) is 4.79 Å². The Balaban J connectivity index is 2.75. The molecule has 0 saturated heterocycles. The van der Waals surface area contributed by atoms with E-state index in [4.69, 9.17) is 4.74 Å². The highest BCUT2D eigenvalue weighted by atomic mass is 32.1. The number of hydrogen-bond donors (Lipinski definition) is 3. The third-order valence-electron chi connectivity index (χ3n) is 2.87. The summed E-state index contributed by atoms with van der Waals surface area (Å²) >= 11 is 3.84. The normalized spacial score (nSPS) is 10.9. The molecule has 0 saturated carbocycles. The van der Waals surface area contributed by atoms with Crippen LogP contribution in [0, 0.1) is 0 Å². The number of amides is 3. The van der Waals surface area contributed by atoms with Crippen molar-refractivity contribution in [3.63, 3.8) is 0 Å². The van der Waals surface area contributed by atoms with E-state index in [1.165, 1.54) is 7.11 Å². The fourth-order valence-electron chi connectivity index (χ4n) is 1.69. The second kappa shape index (κ2) is 9.01. The zero-order chi connectivity index (χ0) is 17.4. The van der Waals surface area contributed by atoms with Crippen molar-refractivity contribution in [2.75, 3.05) is 7.11 Å². The van der Waals surface area contributed by atoms with Crippen molar-refractivity contribution in [2.45, 2.75) is 26.7 Å². The van der Waals surface area contributed by atoms with Crippen LogP contribution < -0.4 is 10.3 Å². The molecule has 3 amide bonds. The second-order valence-corrected chi connectivity index (χ2v) is 4.95. The molecular formula is C14H20N4O4S. The number of rotatable bonds is 6. The number of hydrazone groups is 1. The SMILES string of the molecule is CCCC(=O)N(O)C(=O)N(S)N/N=C(\C)c1ccccc1OC. The van der Waals surface area contributed by atoms with Crippen LogP contribution >= 0.6 is 12.8 Å². The minimum Gasteiger partial charge on any atom is -0.496 e. The molecule has 0 heterocycles. The van der Waals surface area contributed by atoms with E-state index >= 15 is 0 Å².